The Bertz CT molecular complexity index is 789. The quantitative estimate of drug-likeness (QED) is 0.862. The Hall–Kier alpha value is -2.53. The monoisotopic (exact) mass is 313 g/mol. The number of fused-ring (bicyclic) bond motifs is 1. The highest BCUT2D eigenvalue weighted by Gasteiger charge is 2.48. The van der Waals surface area contributed by atoms with E-state index in [1.165, 1.54) is 0 Å². The molecular formula is C18H19NO4. The molecule has 23 heavy (non-hydrogen) atoms. The number of aromatic nitrogens is 1. The fourth-order valence-corrected chi connectivity index (χ4v) is 3.25. The van der Waals surface area contributed by atoms with E-state index in [9.17, 15) is 4.79 Å². The summed E-state index contributed by atoms with van der Waals surface area (Å²) in [6, 6.07) is 7.88. The van der Waals surface area contributed by atoms with Crippen LogP contribution in [0.25, 0.3) is 10.9 Å². The average Bonchev–Trinajstić information content (AvgIpc) is 3.04. The molecule has 0 aliphatic heterocycles. The maximum Gasteiger partial charge on any atom is 0.165 e. The number of allylic oxidation sites excluding steroid dienone is 1. The largest absolute Gasteiger partial charge is 0.497 e. The molecular weight excluding hydrogens is 294 g/mol. The van der Waals surface area contributed by atoms with E-state index in [-0.39, 0.29) is 0 Å². The Morgan fingerprint density at radius 3 is 2.61 bits per heavy atom. The van der Waals surface area contributed by atoms with E-state index in [1.54, 1.807) is 33.5 Å². The standard InChI is InChI=1S/C18H19NO4/c1-21-13-8-12(11-20)18(23-3,17(9-13)22-2)15-10-19-16-7-5-4-6-14(15)16/h4-12,19H,1-3H3. The Labute approximate surface area is 134 Å². The highest BCUT2D eigenvalue weighted by atomic mass is 16.5. The van der Waals surface area contributed by atoms with Gasteiger partial charge in [-0.05, 0) is 12.1 Å². The molecule has 1 aliphatic rings. The molecule has 1 N–H and O–H groups in total. The fraction of sp³-hybridized carbons (Fsp3) is 0.278. The first-order valence-electron chi connectivity index (χ1n) is 7.30. The molecule has 0 bridgehead atoms. The number of aldehydes is 1. The van der Waals surface area contributed by atoms with Gasteiger partial charge >= 0.3 is 0 Å². The van der Waals surface area contributed by atoms with Gasteiger partial charge in [0.1, 0.15) is 17.8 Å². The van der Waals surface area contributed by atoms with Crippen LogP contribution in [0.5, 0.6) is 0 Å². The van der Waals surface area contributed by atoms with E-state index in [2.05, 4.69) is 4.98 Å². The summed E-state index contributed by atoms with van der Waals surface area (Å²) in [5.41, 5.74) is 0.797. The molecule has 5 nitrogen and oxygen atoms in total. The molecule has 0 saturated carbocycles. The van der Waals surface area contributed by atoms with Crippen LogP contribution in [0.4, 0.5) is 0 Å². The van der Waals surface area contributed by atoms with Crippen molar-refractivity contribution in [1.82, 2.24) is 4.98 Å². The number of aromatic amines is 1. The van der Waals surface area contributed by atoms with Gasteiger partial charge in [-0.1, -0.05) is 18.2 Å². The molecule has 120 valence electrons. The molecule has 0 spiro atoms. The molecule has 0 radical (unpaired) electrons. The predicted octanol–water partition coefficient (Wildman–Crippen LogP) is 2.90. The van der Waals surface area contributed by atoms with Gasteiger partial charge in [0, 0.05) is 35.8 Å². The summed E-state index contributed by atoms with van der Waals surface area (Å²) >= 11 is 0. The van der Waals surface area contributed by atoms with Gasteiger partial charge in [0.2, 0.25) is 0 Å². The van der Waals surface area contributed by atoms with Crippen LogP contribution in [0, 0.1) is 5.92 Å². The normalized spacial score (nSPS) is 24.0. The third-order valence-corrected chi connectivity index (χ3v) is 4.37. The van der Waals surface area contributed by atoms with Crippen LogP contribution in [0.15, 0.2) is 54.1 Å². The summed E-state index contributed by atoms with van der Waals surface area (Å²) in [6.45, 7) is 0. The number of para-hydroxylation sites is 1. The number of methoxy groups -OCH3 is 3. The summed E-state index contributed by atoms with van der Waals surface area (Å²) < 4.78 is 16.7. The van der Waals surface area contributed by atoms with Crippen molar-refractivity contribution in [3.63, 3.8) is 0 Å². The van der Waals surface area contributed by atoms with Crippen molar-refractivity contribution in [2.45, 2.75) is 5.60 Å². The van der Waals surface area contributed by atoms with Gasteiger partial charge in [0.25, 0.3) is 0 Å². The first-order valence-corrected chi connectivity index (χ1v) is 7.30. The van der Waals surface area contributed by atoms with Crippen LogP contribution >= 0.6 is 0 Å². The number of benzene rings is 1. The fourth-order valence-electron chi connectivity index (χ4n) is 3.25. The molecule has 2 aromatic rings. The van der Waals surface area contributed by atoms with Crippen molar-refractivity contribution in [3.8, 4) is 0 Å². The van der Waals surface area contributed by atoms with Gasteiger partial charge in [-0.3, -0.25) is 0 Å². The van der Waals surface area contributed by atoms with Crippen molar-refractivity contribution >= 4 is 17.2 Å². The minimum absolute atomic E-state index is 0.529. The first-order chi connectivity index (χ1) is 11.2. The Morgan fingerprint density at radius 2 is 1.96 bits per heavy atom. The highest BCUT2D eigenvalue weighted by Crippen LogP contribution is 2.46. The Balaban J connectivity index is 2.28. The number of H-pyrrole nitrogens is 1. The second-order valence-corrected chi connectivity index (χ2v) is 5.34. The molecule has 1 aromatic carbocycles. The summed E-state index contributed by atoms with van der Waals surface area (Å²) in [5, 5.41) is 0.985. The lowest BCUT2D eigenvalue weighted by Gasteiger charge is -2.39. The third-order valence-electron chi connectivity index (χ3n) is 4.37. The van der Waals surface area contributed by atoms with Crippen LogP contribution in [0.1, 0.15) is 5.56 Å². The Kier molecular flexibility index (Phi) is 3.96. The molecule has 2 atom stereocenters. The second-order valence-electron chi connectivity index (χ2n) is 5.34. The first kappa shape index (κ1) is 15.4. The Morgan fingerprint density at radius 1 is 1.17 bits per heavy atom. The van der Waals surface area contributed by atoms with Crippen LogP contribution < -0.4 is 0 Å². The summed E-state index contributed by atoms with van der Waals surface area (Å²) in [6.07, 6.45) is 6.23. The molecule has 1 aromatic heterocycles. The van der Waals surface area contributed by atoms with Crippen LogP contribution in [0.2, 0.25) is 0 Å². The molecule has 0 saturated heterocycles. The molecule has 3 rings (SSSR count). The van der Waals surface area contributed by atoms with E-state index < -0.39 is 11.5 Å². The lowest BCUT2D eigenvalue weighted by Crippen LogP contribution is -2.42. The minimum Gasteiger partial charge on any atom is -0.497 e. The number of hydrogen-bond donors (Lipinski definition) is 1. The van der Waals surface area contributed by atoms with Gasteiger partial charge < -0.3 is 24.0 Å². The van der Waals surface area contributed by atoms with Gasteiger partial charge in [-0.25, -0.2) is 0 Å². The summed E-state index contributed by atoms with van der Waals surface area (Å²) in [7, 11) is 4.70. The molecule has 5 heteroatoms. The van der Waals surface area contributed by atoms with Crippen LogP contribution in [-0.4, -0.2) is 32.6 Å². The lowest BCUT2D eigenvalue weighted by atomic mass is 9.76. The zero-order valence-corrected chi connectivity index (χ0v) is 13.3. The molecule has 2 unspecified atom stereocenters. The molecule has 1 heterocycles. The smallest absolute Gasteiger partial charge is 0.165 e. The SMILES string of the molecule is COC1=CC(C=O)C(OC)(c2c[nH]c3ccccc23)C(OC)=C1. The van der Waals surface area contributed by atoms with E-state index in [4.69, 9.17) is 14.2 Å². The summed E-state index contributed by atoms with van der Waals surface area (Å²) in [5.74, 6) is 0.536. The van der Waals surface area contributed by atoms with Crippen LogP contribution in [0.3, 0.4) is 0 Å². The van der Waals surface area contributed by atoms with Crippen molar-refractivity contribution in [3.05, 3.63) is 59.7 Å². The predicted molar refractivity (Wildman–Crippen MR) is 86.7 cm³/mol. The van der Waals surface area contributed by atoms with E-state index in [1.807, 2.05) is 30.5 Å². The lowest BCUT2D eigenvalue weighted by molar-refractivity contribution is -0.121. The van der Waals surface area contributed by atoms with Gasteiger partial charge in [0.15, 0.2) is 5.60 Å². The van der Waals surface area contributed by atoms with Crippen molar-refractivity contribution in [1.29, 1.82) is 0 Å². The maximum absolute atomic E-state index is 11.8. The number of carbonyl (C=O) groups excluding carboxylic acids is 1. The molecule has 1 aliphatic carbocycles. The molecule has 0 amide bonds. The van der Waals surface area contributed by atoms with Crippen molar-refractivity contribution in [2.75, 3.05) is 21.3 Å². The van der Waals surface area contributed by atoms with E-state index in [0.29, 0.717) is 11.5 Å². The van der Waals surface area contributed by atoms with Gasteiger partial charge in [-0.15, -0.1) is 0 Å². The van der Waals surface area contributed by atoms with Crippen LogP contribution in [-0.2, 0) is 24.6 Å². The maximum atomic E-state index is 11.8. The topological polar surface area (TPSA) is 60.5 Å². The minimum atomic E-state index is -1.03. The zero-order chi connectivity index (χ0) is 16.4. The number of hydrogen-bond acceptors (Lipinski definition) is 4. The average molecular weight is 313 g/mol. The highest BCUT2D eigenvalue weighted by molar-refractivity contribution is 5.85. The van der Waals surface area contributed by atoms with E-state index in [0.717, 1.165) is 22.8 Å². The van der Waals surface area contributed by atoms with Crippen molar-refractivity contribution < 1.29 is 19.0 Å². The number of nitrogens with one attached hydrogen (secondary N) is 1. The number of rotatable bonds is 5. The number of carbonyl (C=O) groups is 1. The summed E-state index contributed by atoms with van der Waals surface area (Å²) in [4.78, 5) is 15.0. The number of ether oxygens (including phenoxy) is 3. The van der Waals surface area contributed by atoms with Gasteiger partial charge in [0.05, 0.1) is 20.1 Å². The van der Waals surface area contributed by atoms with Crippen molar-refractivity contribution in [2.24, 2.45) is 5.92 Å². The van der Waals surface area contributed by atoms with E-state index >= 15 is 0 Å². The van der Waals surface area contributed by atoms with Gasteiger partial charge in [-0.2, -0.15) is 0 Å². The third kappa shape index (κ3) is 2.16. The zero-order valence-electron chi connectivity index (χ0n) is 13.3. The molecule has 0 fully saturated rings. The second kappa shape index (κ2) is 5.93.